The van der Waals surface area contributed by atoms with E-state index in [1.54, 1.807) is 6.07 Å². The summed E-state index contributed by atoms with van der Waals surface area (Å²) in [5.74, 6) is -0.117. The molecule has 0 aliphatic carbocycles. The van der Waals surface area contributed by atoms with Gasteiger partial charge in [-0.15, -0.1) is 0 Å². The number of nitrogens with zero attached hydrogens (tertiary/aromatic N) is 2. The van der Waals surface area contributed by atoms with Crippen LogP contribution in [0.5, 0.6) is 0 Å². The van der Waals surface area contributed by atoms with Gasteiger partial charge in [-0.05, 0) is 22.4 Å². The molecule has 5 nitrogen and oxygen atoms in total. The topological polar surface area (TPSA) is 68.1 Å². The minimum absolute atomic E-state index is 0.117. The number of anilines is 1. The Kier molecular flexibility index (Phi) is 4.53. The molecule has 0 aliphatic rings. The van der Waals surface area contributed by atoms with Crippen LogP contribution >= 0.6 is 0 Å². The van der Waals surface area contributed by atoms with Crippen LogP contribution in [0.25, 0.3) is 0 Å². The van der Waals surface area contributed by atoms with Gasteiger partial charge in [0.1, 0.15) is 0 Å². The van der Waals surface area contributed by atoms with Gasteiger partial charge < -0.3 is 15.4 Å². The minimum atomic E-state index is -0.499. The fourth-order valence-corrected chi connectivity index (χ4v) is 1.21. The van der Waals surface area contributed by atoms with Gasteiger partial charge in [-0.3, -0.25) is 0 Å². The zero-order valence-corrected chi connectivity index (χ0v) is 8.77. The lowest BCUT2D eigenvalue weighted by atomic mass is 10.2. The highest BCUT2D eigenvalue weighted by atomic mass is 16.6. The van der Waals surface area contributed by atoms with E-state index in [9.17, 15) is 10.1 Å². The number of hydrogen-bond acceptors (Lipinski definition) is 4. The predicted octanol–water partition coefficient (Wildman–Crippen LogP) is 2.59. The lowest BCUT2D eigenvalue weighted by molar-refractivity contribution is -0.389. The Morgan fingerprint density at radius 2 is 2.27 bits per heavy atom. The van der Waals surface area contributed by atoms with Crippen LogP contribution in [-0.4, -0.2) is 16.5 Å². The molecule has 0 fully saturated rings. The summed E-state index contributed by atoms with van der Waals surface area (Å²) in [5, 5.41) is 13.5. The molecule has 0 saturated carbocycles. The first-order valence-electron chi connectivity index (χ1n) is 5.08. The van der Waals surface area contributed by atoms with E-state index in [0.29, 0.717) is 0 Å². The van der Waals surface area contributed by atoms with Gasteiger partial charge in [0.05, 0.1) is 5.69 Å². The quantitative estimate of drug-likeness (QED) is 0.444. The zero-order valence-electron chi connectivity index (χ0n) is 8.77. The highest BCUT2D eigenvalue weighted by Crippen LogP contribution is 2.11. The predicted molar refractivity (Wildman–Crippen MR) is 58.9 cm³/mol. The van der Waals surface area contributed by atoms with Gasteiger partial charge in [0.2, 0.25) is 0 Å². The van der Waals surface area contributed by atoms with E-state index in [-0.39, 0.29) is 5.82 Å². The fourth-order valence-electron chi connectivity index (χ4n) is 1.21. The molecule has 0 radical (unpaired) electrons. The number of pyridine rings is 1. The van der Waals surface area contributed by atoms with Gasteiger partial charge in [-0.2, -0.15) is 0 Å². The van der Waals surface area contributed by atoms with E-state index in [1.165, 1.54) is 25.1 Å². The Balaban J connectivity index is 2.39. The van der Waals surface area contributed by atoms with Crippen LogP contribution in [0.15, 0.2) is 18.3 Å². The third-order valence-corrected chi connectivity index (χ3v) is 2.04. The normalized spacial score (nSPS) is 9.93. The summed E-state index contributed by atoms with van der Waals surface area (Å²) in [6.07, 6.45) is 4.96. The SMILES string of the molecule is CCCCCNc1ccc([N+](=O)[O-])nc1. The van der Waals surface area contributed by atoms with Crippen molar-refractivity contribution in [1.82, 2.24) is 4.98 Å². The van der Waals surface area contributed by atoms with E-state index < -0.39 is 4.92 Å². The minimum Gasteiger partial charge on any atom is -0.382 e. The van der Waals surface area contributed by atoms with E-state index in [1.807, 2.05) is 0 Å². The summed E-state index contributed by atoms with van der Waals surface area (Å²) in [5.41, 5.74) is 0.830. The average molecular weight is 209 g/mol. The molecular weight excluding hydrogens is 194 g/mol. The molecule has 5 heteroatoms. The summed E-state index contributed by atoms with van der Waals surface area (Å²) in [6.45, 7) is 3.03. The van der Waals surface area contributed by atoms with Gasteiger partial charge in [0.25, 0.3) is 0 Å². The Morgan fingerprint density at radius 1 is 1.47 bits per heavy atom. The van der Waals surface area contributed by atoms with Crippen molar-refractivity contribution in [1.29, 1.82) is 0 Å². The van der Waals surface area contributed by atoms with Crippen molar-refractivity contribution >= 4 is 11.5 Å². The molecule has 0 aromatic carbocycles. The van der Waals surface area contributed by atoms with Gasteiger partial charge >= 0.3 is 5.82 Å². The second-order valence-electron chi connectivity index (χ2n) is 3.30. The molecule has 0 unspecified atom stereocenters. The van der Waals surface area contributed by atoms with Crippen molar-refractivity contribution in [3.63, 3.8) is 0 Å². The monoisotopic (exact) mass is 209 g/mol. The van der Waals surface area contributed by atoms with E-state index >= 15 is 0 Å². The summed E-state index contributed by atoms with van der Waals surface area (Å²) < 4.78 is 0. The van der Waals surface area contributed by atoms with Gasteiger partial charge in [-0.25, -0.2) is 0 Å². The van der Waals surface area contributed by atoms with Crippen LogP contribution in [0.2, 0.25) is 0 Å². The molecule has 0 saturated heterocycles. The number of nitrogens with one attached hydrogen (secondary N) is 1. The van der Waals surface area contributed by atoms with Crippen molar-refractivity contribution < 1.29 is 4.92 Å². The lowest BCUT2D eigenvalue weighted by Crippen LogP contribution is -2.02. The number of unbranched alkanes of at least 4 members (excludes halogenated alkanes) is 2. The largest absolute Gasteiger partial charge is 0.382 e. The van der Waals surface area contributed by atoms with E-state index in [2.05, 4.69) is 17.2 Å². The molecule has 0 bridgehead atoms. The molecule has 0 aliphatic heterocycles. The van der Waals surface area contributed by atoms with Crippen molar-refractivity contribution in [2.24, 2.45) is 0 Å². The van der Waals surface area contributed by atoms with Crippen molar-refractivity contribution in [2.75, 3.05) is 11.9 Å². The molecule has 1 rings (SSSR count). The molecule has 1 N–H and O–H groups in total. The third kappa shape index (κ3) is 3.93. The molecule has 0 atom stereocenters. The van der Waals surface area contributed by atoms with Crippen molar-refractivity contribution in [2.45, 2.75) is 26.2 Å². The zero-order chi connectivity index (χ0) is 11.1. The average Bonchev–Trinajstić information content (AvgIpc) is 2.25. The fraction of sp³-hybridized carbons (Fsp3) is 0.500. The second kappa shape index (κ2) is 5.95. The first-order chi connectivity index (χ1) is 7.24. The Labute approximate surface area is 88.7 Å². The van der Waals surface area contributed by atoms with Crippen LogP contribution in [0.4, 0.5) is 11.5 Å². The van der Waals surface area contributed by atoms with Crippen molar-refractivity contribution in [3.05, 3.63) is 28.4 Å². The van der Waals surface area contributed by atoms with Crippen LogP contribution < -0.4 is 5.32 Å². The highest BCUT2D eigenvalue weighted by Gasteiger charge is 2.05. The third-order valence-electron chi connectivity index (χ3n) is 2.04. The van der Waals surface area contributed by atoms with Gasteiger partial charge in [0, 0.05) is 12.6 Å². The van der Waals surface area contributed by atoms with E-state index in [4.69, 9.17) is 0 Å². The molecule has 0 amide bonds. The lowest BCUT2D eigenvalue weighted by Gasteiger charge is -2.03. The standard InChI is InChI=1S/C10H15N3O2/c1-2-3-4-7-11-9-5-6-10(12-8-9)13(14)15/h5-6,8,11H,2-4,7H2,1H3. The first-order valence-corrected chi connectivity index (χ1v) is 5.08. The summed E-state index contributed by atoms with van der Waals surface area (Å²) in [4.78, 5) is 13.6. The second-order valence-corrected chi connectivity index (χ2v) is 3.30. The molecule has 1 heterocycles. The summed E-state index contributed by atoms with van der Waals surface area (Å²) in [6, 6.07) is 3.08. The Bertz CT molecular complexity index is 311. The van der Waals surface area contributed by atoms with Crippen LogP contribution in [0.3, 0.4) is 0 Å². The number of nitro groups is 1. The number of hydrogen-bond donors (Lipinski definition) is 1. The van der Waals surface area contributed by atoms with Gasteiger partial charge in [-0.1, -0.05) is 19.8 Å². The Hall–Kier alpha value is -1.65. The van der Waals surface area contributed by atoms with Crippen LogP contribution in [0, 0.1) is 10.1 Å². The first kappa shape index (κ1) is 11.4. The number of rotatable bonds is 6. The Morgan fingerprint density at radius 3 is 2.80 bits per heavy atom. The van der Waals surface area contributed by atoms with E-state index in [0.717, 1.165) is 18.7 Å². The van der Waals surface area contributed by atoms with Crippen LogP contribution in [0.1, 0.15) is 26.2 Å². The maximum atomic E-state index is 10.3. The molecule has 15 heavy (non-hydrogen) atoms. The molecule has 1 aromatic rings. The molecule has 1 aromatic heterocycles. The molecular formula is C10H15N3O2. The van der Waals surface area contributed by atoms with Crippen molar-refractivity contribution in [3.8, 4) is 0 Å². The molecule has 82 valence electrons. The molecule has 0 spiro atoms. The maximum absolute atomic E-state index is 10.3. The summed E-state index contributed by atoms with van der Waals surface area (Å²) in [7, 11) is 0. The highest BCUT2D eigenvalue weighted by molar-refractivity contribution is 5.43. The van der Waals surface area contributed by atoms with Crippen LogP contribution in [-0.2, 0) is 0 Å². The van der Waals surface area contributed by atoms with Gasteiger partial charge in [0.15, 0.2) is 6.20 Å². The summed E-state index contributed by atoms with van der Waals surface area (Å²) >= 11 is 0. The maximum Gasteiger partial charge on any atom is 0.363 e. The number of aromatic nitrogens is 1. The smallest absolute Gasteiger partial charge is 0.363 e.